The first kappa shape index (κ1) is 35.2. The first-order valence-corrected chi connectivity index (χ1v) is 18.1. The zero-order valence-corrected chi connectivity index (χ0v) is 29.1. The van der Waals surface area contributed by atoms with Crippen LogP contribution in [0.1, 0.15) is 102 Å². The van der Waals surface area contributed by atoms with Gasteiger partial charge in [-0.05, 0) is 72.8 Å². The van der Waals surface area contributed by atoms with Crippen LogP contribution >= 0.6 is 0 Å². The summed E-state index contributed by atoms with van der Waals surface area (Å²) in [5.74, 6) is 1.57. The van der Waals surface area contributed by atoms with Crippen LogP contribution in [0.2, 0.25) is 0 Å². The molecule has 9 rings (SSSR count). The van der Waals surface area contributed by atoms with Crippen molar-refractivity contribution in [1.82, 2.24) is 4.90 Å². The summed E-state index contributed by atoms with van der Waals surface area (Å²) in [7, 11) is 0. The first-order valence-electron chi connectivity index (χ1n) is 18.1. The Morgan fingerprint density at radius 1 is 0.587 bits per heavy atom. The fraction of sp³-hybridized carbons (Fsp3) is 0.525. The Kier molecular flexibility index (Phi) is 12.8. The Hall–Kier alpha value is -3.67. The minimum absolute atomic E-state index is 0.280. The molecule has 2 atom stereocenters. The molecule has 6 nitrogen and oxygen atoms in total. The lowest BCUT2D eigenvalue weighted by molar-refractivity contribution is -0.133. The summed E-state index contributed by atoms with van der Waals surface area (Å²) in [4.78, 5) is 40.9. The van der Waals surface area contributed by atoms with Crippen molar-refractivity contribution in [3.8, 4) is 0 Å². The van der Waals surface area contributed by atoms with E-state index < -0.39 is 0 Å². The lowest BCUT2D eigenvalue weighted by Gasteiger charge is -2.35. The van der Waals surface area contributed by atoms with E-state index in [1.54, 1.807) is 0 Å². The molecule has 6 aliphatic heterocycles. The van der Waals surface area contributed by atoms with E-state index in [1.807, 2.05) is 51.3 Å². The van der Waals surface area contributed by atoms with Crippen LogP contribution in [-0.2, 0) is 40.1 Å². The fourth-order valence-corrected chi connectivity index (χ4v) is 7.76. The van der Waals surface area contributed by atoms with Gasteiger partial charge in [-0.25, -0.2) is 0 Å². The minimum atomic E-state index is 0.280. The number of aryl methyl sites for hydroxylation is 3. The highest BCUT2D eigenvalue weighted by atomic mass is 16.2. The van der Waals surface area contributed by atoms with E-state index in [1.165, 1.54) is 39.2 Å². The van der Waals surface area contributed by atoms with Crippen LogP contribution in [0.25, 0.3) is 0 Å². The number of nitrogens with zero attached hydrogens (tertiary/aromatic N) is 3. The molecular formula is C40H55N3O3. The van der Waals surface area contributed by atoms with E-state index in [2.05, 4.69) is 59.5 Å². The summed E-state index contributed by atoms with van der Waals surface area (Å²) < 4.78 is 0. The predicted octanol–water partition coefficient (Wildman–Crippen LogP) is 8.01. The normalized spacial score (nSPS) is 21.9. The molecule has 46 heavy (non-hydrogen) atoms. The zero-order chi connectivity index (χ0) is 33.2. The molecule has 0 radical (unpaired) electrons. The van der Waals surface area contributed by atoms with Crippen molar-refractivity contribution in [2.24, 2.45) is 5.92 Å². The Bertz CT molecular complexity index is 1430. The van der Waals surface area contributed by atoms with Crippen LogP contribution in [-0.4, -0.2) is 48.3 Å². The number of allylic oxidation sites excluding steroid dienone is 2. The highest BCUT2D eigenvalue weighted by Crippen LogP contribution is 2.39. The number of hydrogen-bond donors (Lipinski definition) is 0. The van der Waals surface area contributed by atoms with Crippen LogP contribution in [0.3, 0.4) is 0 Å². The van der Waals surface area contributed by atoms with E-state index in [0.29, 0.717) is 36.6 Å². The molecule has 6 heteroatoms. The van der Waals surface area contributed by atoms with Gasteiger partial charge >= 0.3 is 0 Å². The van der Waals surface area contributed by atoms with Gasteiger partial charge in [-0.2, -0.15) is 0 Å². The number of benzene rings is 2. The lowest BCUT2D eigenvalue weighted by Crippen LogP contribution is -2.43. The van der Waals surface area contributed by atoms with E-state index in [4.69, 9.17) is 0 Å². The maximum atomic E-state index is 11.7. The fourth-order valence-electron chi connectivity index (χ4n) is 7.76. The Balaban J connectivity index is 0.000000145. The summed E-state index contributed by atoms with van der Waals surface area (Å²) in [6.07, 6.45) is 16.2. The monoisotopic (exact) mass is 625 g/mol. The Morgan fingerprint density at radius 3 is 1.78 bits per heavy atom. The molecule has 3 amide bonds. The summed E-state index contributed by atoms with van der Waals surface area (Å²) >= 11 is 0. The number of para-hydroxylation sites is 2. The molecule has 248 valence electrons. The molecule has 0 N–H and O–H groups in total. The molecule has 2 aromatic carbocycles. The molecular weight excluding hydrogens is 570 g/mol. The highest BCUT2D eigenvalue weighted by Gasteiger charge is 2.41. The Labute approximate surface area is 277 Å². The van der Waals surface area contributed by atoms with Gasteiger partial charge < -0.3 is 14.7 Å². The predicted molar refractivity (Wildman–Crippen MR) is 190 cm³/mol. The molecule has 0 saturated carbocycles. The van der Waals surface area contributed by atoms with E-state index in [0.717, 1.165) is 71.0 Å². The quantitative estimate of drug-likeness (QED) is 0.298. The second-order valence-corrected chi connectivity index (χ2v) is 11.9. The number of amides is 3. The number of hydrogen-bond acceptors (Lipinski definition) is 3. The molecule has 2 aromatic rings. The number of rotatable bonds is 0. The average molecular weight is 626 g/mol. The standard InChI is InChI=1S/C12H13NO.C11H11NO.C11H13NO.3C2H6/c14-11-7-6-10-4-1-3-9-5-2-8-13(11)12(9)10;13-10-7-9-4-1-3-8-5-2-6-12(10)11(8)9;13-10-5-4-8-2-1-3-9-6-7-12(10)11(8)9;3*1-2/h1,3-4H,2,5-8H2;1,3-4H,2,5-7H2;1-3,9,11H,4-7H2;3*1-2H3. The van der Waals surface area contributed by atoms with Gasteiger partial charge in [0.2, 0.25) is 17.7 Å². The van der Waals surface area contributed by atoms with Crippen molar-refractivity contribution in [3.05, 3.63) is 82.5 Å². The second kappa shape index (κ2) is 16.8. The third kappa shape index (κ3) is 7.16. The van der Waals surface area contributed by atoms with Crippen LogP contribution in [0.15, 0.2) is 60.2 Å². The van der Waals surface area contributed by atoms with Crippen LogP contribution in [0, 0.1) is 5.92 Å². The average Bonchev–Trinajstić information content (AvgIpc) is 3.71. The summed E-state index contributed by atoms with van der Waals surface area (Å²) in [5.41, 5.74) is 9.23. The van der Waals surface area contributed by atoms with Gasteiger partial charge in [0, 0.05) is 44.1 Å². The third-order valence-corrected chi connectivity index (χ3v) is 9.59. The zero-order valence-electron chi connectivity index (χ0n) is 29.1. The van der Waals surface area contributed by atoms with Gasteiger partial charge in [-0.15, -0.1) is 0 Å². The largest absolute Gasteiger partial charge is 0.335 e. The molecule has 2 unspecified atom stereocenters. The van der Waals surface area contributed by atoms with Crippen molar-refractivity contribution in [2.45, 2.75) is 112 Å². The van der Waals surface area contributed by atoms with Gasteiger partial charge in [0.25, 0.3) is 0 Å². The van der Waals surface area contributed by atoms with Gasteiger partial charge in [0.05, 0.1) is 18.2 Å². The number of carbonyl (C=O) groups excluding carboxylic acids is 3. The van der Waals surface area contributed by atoms with Crippen molar-refractivity contribution >= 4 is 29.1 Å². The van der Waals surface area contributed by atoms with Gasteiger partial charge in [-0.1, -0.05) is 96.2 Å². The first-order chi connectivity index (χ1) is 22.6. The van der Waals surface area contributed by atoms with Crippen molar-refractivity contribution in [1.29, 1.82) is 0 Å². The topological polar surface area (TPSA) is 60.9 Å². The summed E-state index contributed by atoms with van der Waals surface area (Å²) in [6.45, 7) is 14.8. The second-order valence-electron chi connectivity index (χ2n) is 11.9. The van der Waals surface area contributed by atoms with Crippen LogP contribution < -0.4 is 9.80 Å². The van der Waals surface area contributed by atoms with E-state index >= 15 is 0 Å². The highest BCUT2D eigenvalue weighted by molar-refractivity contribution is 6.02. The summed E-state index contributed by atoms with van der Waals surface area (Å²) in [5, 5.41) is 0. The lowest BCUT2D eigenvalue weighted by atomic mass is 9.85. The molecule has 0 bridgehead atoms. The van der Waals surface area contributed by atoms with Crippen LogP contribution in [0.4, 0.5) is 11.4 Å². The van der Waals surface area contributed by atoms with Gasteiger partial charge in [0.1, 0.15) is 0 Å². The maximum Gasteiger partial charge on any atom is 0.231 e. The molecule has 6 heterocycles. The van der Waals surface area contributed by atoms with Crippen molar-refractivity contribution < 1.29 is 14.4 Å². The molecule has 1 aliphatic carbocycles. The van der Waals surface area contributed by atoms with Gasteiger partial charge in [0.15, 0.2) is 0 Å². The van der Waals surface area contributed by atoms with Gasteiger partial charge in [-0.3, -0.25) is 14.4 Å². The smallest absolute Gasteiger partial charge is 0.231 e. The SMILES string of the molecule is CC.CC.CC.O=C1CCC2=CC=CC3CCN1C23.O=C1CCc2cccc3c2N1CCC3.O=C1Cc2cccc3c2N1CCC3. The molecule has 2 saturated heterocycles. The van der Waals surface area contributed by atoms with Crippen molar-refractivity contribution in [3.63, 3.8) is 0 Å². The Morgan fingerprint density at radius 2 is 1.13 bits per heavy atom. The maximum absolute atomic E-state index is 11.7. The van der Waals surface area contributed by atoms with Crippen LogP contribution in [0.5, 0.6) is 0 Å². The van der Waals surface area contributed by atoms with E-state index in [-0.39, 0.29) is 5.91 Å². The molecule has 0 spiro atoms. The number of piperidine rings is 1. The minimum Gasteiger partial charge on any atom is -0.335 e. The number of anilines is 2. The molecule has 7 aliphatic rings. The van der Waals surface area contributed by atoms with E-state index in [9.17, 15) is 14.4 Å². The number of carbonyl (C=O) groups is 3. The van der Waals surface area contributed by atoms with Crippen molar-refractivity contribution in [2.75, 3.05) is 29.4 Å². The summed E-state index contributed by atoms with van der Waals surface area (Å²) in [6, 6.07) is 13.1. The third-order valence-electron chi connectivity index (χ3n) is 9.59. The molecule has 0 aromatic heterocycles. The molecule has 2 fully saturated rings.